The van der Waals surface area contributed by atoms with Gasteiger partial charge in [0.25, 0.3) is 5.91 Å². The number of amides is 2. The second-order valence-electron chi connectivity index (χ2n) is 10.0. The van der Waals surface area contributed by atoms with Crippen molar-refractivity contribution in [1.29, 1.82) is 0 Å². The van der Waals surface area contributed by atoms with Gasteiger partial charge in [0.05, 0.1) is 6.16 Å². The van der Waals surface area contributed by atoms with E-state index in [1.54, 1.807) is 12.1 Å². The Balaban J connectivity index is 1.73. The zero-order valence-corrected chi connectivity index (χ0v) is 23.6. The molecule has 1 aliphatic rings. The van der Waals surface area contributed by atoms with Crippen LogP contribution in [0.1, 0.15) is 43.6 Å². The molecule has 13 nitrogen and oxygen atoms in total. The molecule has 5 N–H and O–H groups in total. The van der Waals surface area contributed by atoms with Crippen molar-refractivity contribution in [3.8, 4) is 11.4 Å². The van der Waals surface area contributed by atoms with Gasteiger partial charge in [-0.05, 0) is 33.2 Å². The molecule has 1 fully saturated rings. The average Bonchev–Trinajstić information content (AvgIpc) is 2.89. The molecule has 0 saturated carbocycles. The van der Waals surface area contributed by atoms with E-state index in [4.69, 9.17) is 5.11 Å². The molecule has 0 aliphatic carbocycles. The molecule has 1 atom stereocenters. The van der Waals surface area contributed by atoms with Gasteiger partial charge in [-0.1, -0.05) is 30.3 Å². The molecule has 3 rings (SSSR count). The van der Waals surface area contributed by atoms with Crippen LogP contribution in [-0.4, -0.2) is 103 Å². The number of carbonyl (C=O) groups is 3. The monoisotopic (exact) mass is 576 g/mol. The van der Waals surface area contributed by atoms with E-state index in [-0.39, 0.29) is 24.0 Å². The quantitative estimate of drug-likeness (QED) is 0.172. The maximum absolute atomic E-state index is 13.3. The van der Waals surface area contributed by atoms with E-state index in [2.05, 4.69) is 25.5 Å². The van der Waals surface area contributed by atoms with Crippen molar-refractivity contribution in [1.82, 2.24) is 25.1 Å². The SMILES string of the molecule is CC(C)Nc1cc(C(=O)N[C@@H](CP(=O)(O)O)C(=O)N2CCN(CCCCC(=O)O)CC2)nc(-c2ccccc2)n1. The van der Waals surface area contributed by atoms with Gasteiger partial charge in [-0.25, -0.2) is 9.97 Å². The lowest BCUT2D eigenvalue weighted by Crippen LogP contribution is -2.56. The van der Waals surface area contributed by atoms with Crippen LogP contribution in [0.4, 0.5) is 5.82 Å². The van der Waals surface area contributed by atoms with E-state index in [1.807, 2.05) is 32.0 Å². The summed E-state index contributed by atoms with van der Waals surface area (Å²) in [5.41, 5.74) is 0.624. The number of aromatic nitrogens is 2. The number of rotatable bonds is 13. The molecule has 0 spiro atoms. The van der Waals surface area contributed by atoms with Crippen LogP contribution >= 0.6 is 7.60 Å². The maximum Gasteiger partial charge on any atom is 0.328 e. The lowest BCUT2D eigenvalue weighted by atomic mass is 10.2. The Hall–Kier alpha value is -3.38. The first-order valence-electron chi connectivity index (χ1n) is 13.2. The first kappa shape index (κ1) is 31.2. The molecule has 0 bridgehead atoms. The highest BCUT2D eigenvalue weighted by Crippen LogP contribution is 2.35. The molecule has 2 amide bonds. The van der Waals surface area contributed by atoms with Crippen LogP contribution in [0, 0.1) is 0 Å². The zero-order chi connectivity index (χ0) is 29.3. The number of piperazine rings is 1. The Kier molecular flexibility index (Phi) is 11.1. The van der Waals surface area contributed by atoms with E-state index >= 15 is 0 Å². The highest BCUT2D eigenvalue weighted by Gasteiger charge is 2.34. The van der Waals surface area contributed by atoms with E-state index in [0.717, 1.165) is 0 Å². The van der Waals surface area contributed by atoms with Gasteiger partial charge < -0.3 is 30.4 Å². The smallest absolute Gasteiger partial charge is 0.328 e. The molecule has 2 aromatic rings. The van der Waals surface area contributed by atoms with Crippen LogP contribution in [0.3, 0.4) is 0 Å². The highest BCUT2D eigenvalue weighted by atomic mass is 31.2. The van der Waals surface area contributed by atoms with Crippen molar-refractivity contribution in [2.75, 3.05) is 44.2 Å². The van der Waals surface area contributed by atoms with E-state index in [9.17, 15) is 28.7 Å². The fourth-order valence-electron chi connectivity index (χ4n) is 4.33. The number of nitrogens with one attached hydrogen (secondary N) is 2. The first-order valence-corrected chi connectivity index (χ1v) is 15.0. The second-order valence-corrected chi connectivity index (χ2v) is 11.7. The van der Waals surface area contributed by atoms with E-state index in [1.165, 1.54) is 11.0 Å². The van der Waals surface area contributed by atoms with Gasteiger partial charge in [0.15, 0.2) is 5.82 Å². The number of carboxylic acids is 1. The molecule has 1 aromatic carbocycles. The molecular weight excluding hydrogens is 539 g/mol. The number of carboxylic acid groups (broad SMARTS) is 1. The minimum absolute atomic E-state index is 0.00857. The number of anilines is 1. The largest absolute Gasteiger partial charge is 0.481 e. The Morgan fingerprint density at radius 1 is 1.02 bits per heavy atom. The summed E-state index contributed by atoms with van der Waals surface area (Å²) in [4.78, 5) is 69.1. The number of nitrogens with zero attached hydrogens (tertiary/aromatic N) is 4. The third-order valence-corrected chi connectivity index (χ3v) is 7.09. The van der Waals surface area contributed by atoms with Crippen molar-refractivity contribution in [2.45, 2.75) is 45.2 Å². The van der Waals surface area contributed by atoms with Gasteiger partial charge in [-0.15, -0.1) is 0 Å². The van der Waals surface area contributed by atoms with E-state index < -0.39 is 37.6 Å². The minimum Gasteiger partial charge on any atom is -0.481 e. The summed E-state index contributed by atoms with van der Waals surface area (Å²) in [7, 11) is -4.66. The third-order valence-electron chi connectivity index (χ3n) is 6.25. The summed E-state index contributed by atoms with van der Waals surface area (Å²) in [5.74, 6) is -1.49. The van der Waals surface area contributed by atoms with Crippen molar-refractivity contribution in [2.24, 2.45) is 0 Å². The van der Waals surface area contributed by atoms with Crippen LogP contribution in [0.5, 0.6) is 0 Å². The molecule has 2 heterocycles. The van der Waals surface area contributed by atoms with E-state index in [0.29, 0.717) is 56.9 Å². The Bertz CT molecular complexity index is 1220. The normalized spacial score (nSPS) is 15.1. The molecule has 1 saturated heterocycles. The standard InChI is InChI=1S/C26H37N6O7P/c1-18(2)27-22-16-20(28-24(30-22)19-8-4-3-5-9-19)25(35)29-21(17-40(37,38)39)26(36)32-14-12-31(13-15-32)11-7-6-10-23(33)34/h3-5,8-9,16,18,21H,6-7,10-15,17H2,1-2H3,(H,29,35)(H,33,34)(H,27,28,30)(H2,37,38,39)/t21-/m0/s1. The van der Waals surface area contributed by atoms with Crippen molar-refractivity contribution in [3.05, 3.63) is 42.1 Å². The minimum atomic E-state index is -4.66. The fourth-order valence-corrected chi connectivity index (χ4v) is 5.05. The summed E-state index contributed by atoms with van der Waals surface area (Å²) in [6.45, 7) is 6.22. The predicted molar refractivity (Wildman–Crippen MR) is 149 cm³/mol. The van der Waals surface area contributed by atoms with Gasteiger partial charge in [0.1, 0.15) is 17.6 Å². The molecule has 14 heteroatoms. The van der Waals surface area contributed by atoms with Crippen LogP contribution < -0.4 is 10.6 Å². The van der Waals surface area contributed by atoms with Gasteiger partial charge in [-0.3, -0.25) is 23.8 Å². The lowest BCUT2D eigenvalue weighted by Gasteiger charge is -2.36. The van der Waals surface area contributed by atoms with Gasteiger partial charge >= 0.3 is 13.6 Å². The fraction of sp³-hybridized carbons (Fsp3) is 0.500. The van der Waals surface area contributed by atoms with Crippen molar-refractivity contribution < 1.29 is 33.8 Å². The summed E-state index contributed by atoms with van der Waals surface area (Å²) in [6, 6.07) is 9.04. The summed E-state index contributed by atoms with van der Waals surface area (Å²) < 4.78 is 11.9. The summed E-state index contributed by atoms with van der Waals surface area (Å²) in [6.07, 6.45) is 0.542. The Labute approximate surface area is 233 Å². The number of carbonyl (C=O) groups excluding carboxylic acids is 2. The molecule has 218 valence electrons. The van der Waals surface area contributed by atoms with Crippen LogP contribution in [0.25, 0.3) is 11.4 Å². The van der Waals surface area contributed by atoms with Crippen LogP contribution in [0.15, 0.2) is 36.4 Å². The Morgan fingerprint density at radius 2 is 1.70 bits per heavy atom. The highest BCUT2D eigenvalue weighted by molar-refractivity contribution is 7.51. The molecular formula is C26H37N6O7P. The summed E-state index contributed by atoms with van der Waals surface area (Å²) >= 11 is 0. The summed E-state index contributed by atoms with van der Waals surface area (Å²) in [5, 5.41) is 14.4. The number of hydrogen-bond donors (Lipinski definition) is 5. The van der Waals surface area contributed by atoms with Crippen molar-refractivity contribution in [3.63, 3.8) is 0 Å². The van der Waals surface area contributed by atoms with Crippen LogP contribution in [0.2, 0.25) is 0 Å². The number of unbranched alkanes of at least 4 members (excludes halogenated alkanes) is 1. The maximum atomic E-state index is 13.3. The molecule has 0 unspecified atom stereocenters. The third kappa shape index (κ3) is 9.98. The molecule has 40 heavy (non-hydrogen) atoms. The number of aliphatic carboxylic acids is 1. The molecule has 1 aliphatic heterocycles. The molecule has 1 aromatic heterocycles. The van der Waals surface area contributed by atoms with Gasteiger partial charge in [-0.2, -0.15) is 0 Å². The zero-order valence-electron chi connectivity index (χ0n) is 22.7. The molecule has 0 radical (unpaired) electrons. The average molecular weight is 577 g/mol. The number of hydrogen-bond acceptors (Lipinski definition) is 8. The Morgan fingerprint density at radius 3 is 2.30 bits per heavy atom. The first-order chi connectivity index (χ1) is 18.9. The number of benzene rings is 1. The lowest BCUT2D eigenvalue weighted by molar-refractivity contribution is -0.137. The second kappa shape index (κ2) is 14.3. The van der Waals surface area contributed by atoms with Gasteiger partial charge in [0.2, 0.25) is 5.91 Å². The van der Waals surface area contributed by atoms with Gasteiger partial charge in [0, 0.05) is 50.3 Å². The predicted octanol–water partition coefficient (Wildman–Crippen LogP) is 1.64. The van der Waals surface area contributed by atoms with Crippen molar-refractivity contribution >= 4 is 31.2 Å². The van der Waals surface area contributed by atoms with Crippen LogP contribution in [-0.2, 0) is 14.2 Å². The topological polar surface area (TPSA) is 185 Å².